The highest BCUT2D eigenvalue weighted by atomic mass is 16.4. The van der Waals surface area contributed by atoms with Gasteiger partial charge in [0, 0.05) is 13.1 Å². The van der Waals surface area contributed by atoms with Crippen LogP contribution in [0.25, 0.3) is 0 Å². The Balaban J connectivity index is 2.73. The zero-order valence-electron chi connectivity index (χ0n) is 8.49. The van der Waals surface area contributed by atoms with E-state index in [9.17, 15) is 9.59 Å². The molecule has 2 unspecified atom stereocenters. The monoisotopic (exact) mass is 200 g/mol. The Morgan fingerprint density at radius 1 is 1.79 bits per heavy atom. The fourth-order valence-corrected chi connectivity index (χ4v) is 1.78. The van der Waals surface area contributed by atoms with Gasteiger partial charge in [-0.15, -0.1) is 0 Å². The molecule has 1 amide bonds. The van der Waals surface area contributed by atoms with Crippen LogP contribution in [0.4, 0.5) is 0 Å². The molecule has 1 heterocycles. The molecule has 5 heteroatoms. The molecule has 1 rings (SSSR count). The quantitative estimate of drug-likeness (QED) is 0.654. The molecule has 80 valence electrons. The second kappa shape index (κ2) is 4.41. The van der Waals surface area contributed by atoms with Crippen LogP contribution in [0.2, 0.25) is 0 Å². The number of carboxylic acids is 1. The molecule has 1 saturated heterocycles. The Morgan fingerprint density at radius 2 is 2.43 bits per heavy atom. The van der Waals surface area contributed by atoms with Crippen LogP contribution in [0.5, 0.6) is 0 Å². The van der Waals surface area contributed by atoms with Gasteiger partial charge < -0.3 is 10.4 Å². The Labute approximate surface area is 83.1 Å². The Hall–Kier alpha value is -1.10. The van der Waals surface area contributed by atoms with Crippen LogP contribution in [-0.2, 0) is 9.59 Å². The number of hydrogen-bond donors (Lipinski definition) is 2. The van der Waals surface area contributed by atoms with E-state index in [0.717, 1.165) is 0 Å². The lowest BCUT2D eigenvalue weighted by Gasteiger charge is -2.36. The predicted octanol–water partition coefficient (Wildman–Crippen LogP) is -0.330. The molecule has 0 radical (unpaired) electrons. The smallest absolute Gasteiger partial charge is 0.320 e. The van der Waals surface area contributed by atoms with Crippen LogP contribution in [0.15, 0.2) is 0 Å². The van der Waals surface area contributed by atoms with Crippen molar-refractivity contribution in [1.82, 2.24) is 10.2 Å². The zero-order valence-corrected chi connectivity index (χ0v) is 8.49. The number of carboxylic acid groups (broad SMARTS) is 1. The van der Waals surface area contributed by atoms with Gasteiger partial charge in [-0.3, -0.25) is 14.5 Å². The summed E-state index contributed by atoms with van der Waals surface area (Å²) in [6.07, 6.45) is 0.521. The fourth-order valence-electron chi connectivity index (χ4n) is 1.78. The maximum Gasteiger partial charge on any atom is 0.320 e. The van der Waals surface area contributed by atoms with Crippen LogP contribution < -0.4 is 5.32 Å². The lowest BCUT2D eigenvalue weighted by atomic mass is 10.1. The van der Waals surface area contributed by atoms with Gasteiger partial charge in [-0.25, -0.2) is 0 Å². The maximum absolute atomic E-state index is 11.3. The zero-order chi connectivity index (χ0) is 10.7. The SMILES string of the molecule is CCC(C(=O)O)N1CCNC(=O)C1C. The molecule has 14 heavy (non-hydrogen) atoms. The minimum Gasteiger partial charge on any atom is -0.480 e. The van der Waals surface area contributed by atoms with Gasteiger partial charge in [0.2, 0.25) is 5.91 Å². The predicted molar refractivity (Wildman–Crippen MR) is 50.9 cm³/mol. The van der Waals surface area contributed by atoms with E-state index >= 15 is 0 Å². The number of amides is 1. The molecule has 5 nitrogen and oxygen atoms in total. The number of aliphatic carboxylic acids is 1. The highest BCUT2D eigenvalue weighted by Crippen LogP contribution is 2.12. The minimum atomic E-state index is -0.853. The van der Waals surface area contributed by atoms with Crippen molar-refractivity contribution in [3.05, 3.63) is 0 Å². The normalized spacial score (nSPS) is 25.6. The molecular weight excluding hydrogens is 184 g/mol. The summed E-state index contributed by atoms with van der Waals surface area (Å²) in [6, 6.07) is -0.888. The average molecular weight is 200 g/mol. The molecule has 2 N–H and O–H groups in total. The van der Waals surface area contributed by atoms with Crippen molar-refractivity contribution in [2.24, 2.45) is 0 Å². The van der Waals surface area contributed by atoms with Gasteiger partial charge in [0.25, 0.3) is 0 Å². The standard InChI is InChI=1S/C9H16N2O3/c1-3-7(9(13)14)11-5-4-10-8(12)6(11)2/h6-7H,3-5H2,1-2H3,(H,10,12)(H,13,14). The van der Waals surface area contributed by atoms with Gasteiger partial charge >= 0.3 is 5.97 Å². The van der Waals surface area contributed by atoms with E-state index in [0.29, 0.717) is 19.5 Å². The molecule has 0 saturated carbocycles. The number of rotatable bonds is 3. The van der Waals surface area contributed by atoms with E-state index in [4.69, 9.17) is 5.11 Å². The molecule has 0 aliphatic carbocycles. The van der Waals surface area contributed by atoms with Gasteiger partial charge in [-0.05, 0) is 13.3 Å². The molecule has 1 aliphatic heterocycles. The van der Waals surface area contributed by atoms with E-state index in [1.807, 2.05) is 6.92 Å². The van der Waals surface area contributed by atoms with E-state index in [-0.39, 0.29) is 11.9 Å². The fraction of sp³-hybridized carbons (Fsp3) is 0.778. The lowest BCUT2D eigenvalue weighted by Crippen LogP contribution is -2.58. The van der Waals surface area contributed by atoms with Crippen LogP contribution in [0.1, 0.15) is 20.3 Å². The number of piperazine rings is 1. The summed E-state index contributed by atoms with van der Waals surface area (Å²) >= 11 is 0. The largest absolute Gasteiger partial charge is 0.480 e. The Kier molecular flexibility index (Phi) is 3.46. The maximum atomic E-state index is 11.3. The highest BCUT2D eigenvalue weighted by molar-refractivity contribution is 5.83. The van der Waals surface area contributed by atoms with Crippen LogP contribution >= 0.6 is 0 Å². The molecule has 1 aliphatic rings. The lowest BCUT2D eigenvalue weighted by molar-refractivity contribution is -0.146. The molecule has 0 aromatic heterocycles. The molecule has 0 aromatic carbocycles. The minimum absolute atomic E-state index is 0.0871. The van der Waals surface area contributed by atoms with Crippen molar-refractivity contribution < 1.29 is 14.7 Å². The Morgan fingerprint density at radius 3 is 2.93 bits per heavy atom. The molecule has 0 aromatic rings. The number of hydrogen-bond acceptors (Lipinski definition) is 3. The number of carbonyl (C=O) groups is 2. The third-order valence-corrected chi connectivity index (χ3v) is 2.62. The highest BCUT2D eigenvalue weighted by Gasteiger charge is 2.33. The average Bonchev–Trinajstić information content (AvgIpc) is 2.13. The van der Waals surface area contributed by atoms with Crippen molar-refractivity contribution in [2.75, 3.05) is 13.1 Å². The van der Waals surface area contributed by atoms with Gasteiger partial charge in [0.1, 0.15) is 6.04 Å². The van der Waals surface area contributed by atoms with Crippen molar-refractivity contribution in [3.63, 3.8) is 0 Å². The van der Waals surface area contributed by atoms with E-state index < -0.39 is 12.0 Å². The first-order valence-corrected chi connectivity index (χ1v) is 4.84. The van der Waals surface area contributed by atoms with Gasteiger partial charge in [0.15, 0.2) is 0 Å². The van der Waals surface area contributed by atoms with Crippen molar-refractivity contribution >= 4 is 11.9 Å². The third kappa shape index (κ3) is 2.04. The Bertz CT molecular complexity index is 242. The van der Waals surface area contributed by atoms with Crippen LogP contribution in [0, 0.1) is 0 Å². The van der Waals surface area contributed by atoms with Gasteiger partial charge in [-0.1, -0.05) is 6.92 Å². The van der Waals surface area contributed by atoms with Crippen molar-refractivity contribution in [2.45, 2.75) is 32.4 Å². The summed E-state index contributed by atoms with van der Waals surface area (Å²) in [4.78, 5) is 23.9. The third-order valence-electron chi connectivity index (χ3n) is 2.62. The van der Waals surface area contributed by atoms with Crippen molar-refractivity contribution in [1.29, 1.82) is 0 Å². The second-order valence-electron chi connectivity index (χ2n) is 3.47. The van der Waals surface area contributed by atoms with Crippen LogP contribution in [-0.4, -0.2) is 47.1 Å². The second-order valence-corrected chi connectivity index (χ2v) is 3.47. The summed E-state index contributed by atoms with van der Waals surface area (Å²) in [5.74, 6) is -0.940. The molecule has 1 fully saturated rings. The first kappa shape index (κ1) is 11.0. The van der Waals surface area contributed by atoms with Crippen LogP contribution in [0.3, 0.4) is 0 Å². The molecule has 0 spiro atoms. The van der Waals surface area contributed by atoms with E-state index in [2.05, 4.69) is 5.32 Å². The summed E-state index contributed by atoms with van der Waals surface area (Å²) in [5.41, 5.74) is 0. The number of nitrogens with zero attached hydrogens (tertiary/aromatic N) is 1. The van der Waals surface area contributed by atoms with Crippen molar-refractivity contribution in [3.8, 4) is 0 Å². The summed E-state index contributed by atoms with van der Waals surface area (Å²) in [6.45, 7) is 4.70. The molecular formula is C9H16N2O3. The van der Waals surface area contributed by atoms with Gasteiger partial charge in [0.05, 0.1) is 6.04 Å². The first-order chi connectivity index (χ1) is 6.57. The number of carbonyl (C=O) groups excluding carboxylic acids is 1. The topological polar surface area (TPSA) is 69.6 Å². The summed E-state index contributed by atoms with van der Waals surface area (Å²) in [5, 5.41) is 11.7. The molecule has 2 atom stereocenters. The van der Waals surface area contributed by atoms with E-state index in [1.54, 1.807) is 11.8 Å². The number of nitrogens with one attached hydrogen (secondary N) is 1. The summed E-state index contributed by atoms with van der Waals surface area (Å²) < 4.78 is 0. The molecule has 0 bridgehead atoms. The first-order valence-electron chi connectivity index (χ1n) is 4.84. The van der Waals surface area contributed by atoms with Gasteiger partial charge in [-0.2, -0.15) is 0 Å². The van der Waals surface area contributed by atoms with E-state index in [1.165, 1.54) is 0 Å². The summed E-state index contributed by atoms with van der Waals surface area (Å²) in [7, 11) is 0.